The molecule has 0 aliphatic carbocycles. The van der Waals surface area contributed by atoms with E-state index in [4.69, 9.17) is 9.15 Å². The van der Waals surface area contributed by atoms with Crippen LogP contribution in [-0.2, 0) is 20.7 Å². The summed E-state index contributed by atoms with van der Waals surface area (Å²) in [6, 6.07) is 5.78. The Balaban J connectivity index is 1.99. The van der Waals surface area contributed by atoms with E-state index in [2.05, 4.69) is 11.9 Å². The van der Waals surface area contributed by atoms with Crippen LogP contribution >= 0.6 is 0 Å². The first kappa shape index (κ1) is 15.8. The molecule has 0 saturated carbocycles. The Labute approximate surface area is 128 Å². The van der Waals surface area contributed by atoms with E-state index in [0.717, 1.165) is 22.1 Å². The average molecular weight is 301 g/mol. The molecule has 2 rings (SSSR count). The number of nitrogens with one attached hydrogen (secondary N) is 1. The number of hydrogen-bond donors (Lipinski definition) is 1. The first-order chi connectivity index (χ1) is 10.5. The quantitative estimate of drug-likeness (QED) is 0.657. The topological polar surface area (TPSA) is 68.5 Å². The summed E-state index contributed by atoms with van der Waals surface area (Å²) in [4.78, 5) is 23.6. The zero-order valence-electron chi connectivity index (χ0n) is 12.7. The predicted octanol–water partition coefficient (Wildman–Crippen LogP) is 2.52. The van der Waals surface area contributed by atoms with Crippen molar-refractivity contribution in [3.8, 4) is 0 Å². The van der Waals surface area contributed by atoms with E-state index in [9.17, 15) is 9.59 Å². The number of amides is 1. The normalized spacial score (nSPS) is 11.9. The lowest BCUT2D eigenvalue weighted by Gasteiger charge is -2.12. The zero-order valence-corrected chi connectivity index (χ0v) is 12.7. The van der Waals surface area contributed by atoms with Crippen molar-refractivity contribution in [2.75, 3.05) is 6.54 Å². The van der Waals surface area contributed by atoms with Gasteiger partial charge in [0.05, 0.1) is 12.7 Å². The maximum Gasteiger partial charge on any atom is 0.311 e. The van der Waals surface area contributed by atoms with Crippen molar-refractivity contribution in [2.24, 2.45) is 0 Å². The molecule has 0 aliphatic heterocycles. The second-order valence-corrected chi connectivity index (χ2v) is 5.10. The number of hydrogen-bond acceptors (Lipinski definition) is 4. The molecule has 0 radical (unpaired) electrons. The summed E-state index contributed by atoms with van der Waals surface area (Å²) in [5.41, 5.74) is 2.57. The minimum absolute atomic E-state index is 0.0646. The molecule has 0 unspecified atom stereocenters. The Morgan fingerprint density at radius 1 is 1.45 bits per heavy atom. The average Bonchev–Trinajstić information content (AvgIpc) is 2.86. The monoisotopic (exact) mass is 301 g/mol. The third kappa shape index (κ3) is 3.75. The van der Waals surface area contributed by atoms with Gasteiger partial charge in [-0.05, 0) is 25.5 Å². The summed E-state index contributed by atoms with van der Waals surface area (Å²) in [5.74, 6) is -0.814. The fraction of sp³-hybridized carbons (Fsp3) is 0.294. The van der Waals surface area contributed by atoms with Crippen LogP contribution in [0.25, 0.3) is 11.0 Å². The molecule has 2 aromatic rings. The largest absolute Gasteiger partial charge is 0.464 e. The smallest absolute Gasteiger partial charge is 0.311 e. The van der Waals surface area contributed by atoms with Crippen molar-refractivity contribution in [2.45, 2.75) is 26.4 Å². The number of fused-ring (bicyclic) bond motifs is 1. The Morgan fingerprint density at radius 2 is 2.23 bits per heavy atom. The second-order valence-electron chi connectivity index (χ2n) is 5.10. The van der Waals surface area contributed by atoms with Crippen LogP contribution in [-0.4, -0.2) is 24.5 Å². The number of benzene rings is 1. The fourth-order valence-corrected chi connectivity index (χ4v) is 2.09. The van der Waals surface area contributed by atoms with Crippen molar-refractivity contribution >= 4 is 22.8 Å². The molecule has 5 heteroatoms. The highest BCUT2D eigenvalue weighted by molar-refractivity contribution is 5.88. The van der Waals surface area contributed by atoms with Crippen LogP contribution in [0.3, 0.4) is 0 Å². The van der Waals surface area contributed by atoms with Gasteiger partial charge in [-0.3, -0.25) is 9.59 Å². The minimum Gasteiger partial charge on any atom is -0.464 e. The number of ether oxygens (including phenoxy) is 1. The lowest BCUT2D eigenvalue weighted by molar-refractivity contribution is -0.154. The first-order valence-corrected chi connectivity index (χ1v) is 7.06. The van der Waals surface area contributed by atoms with Crippen LogP contribution in [0, 0.1) is 6.92 Å². The predicted molar refractivity (Wildman–Crippen MR) is 83.4 cm³/mol. The van der Waals surface area contributed by atoms with E-state index in [-0.39, 0.29) is 12.3 Å². The van der Waals surface area contributed by atoms with E-state index < -0.39 is 12.1 Å². The maximum atomic E-state index is 11.9. The molecule has 22 heavy (non-hydrogen) atoms. The summed E-state index contributed by atoms with van der Waals surface area (Å²) in [5, 5.41) is 3.46. The van der Waals surface area contributed by atoms with Gasteiger partial charge in [-0.25, -0.2) is 0 Å². The van der Waals surface area contributed by atoms with Gasteiger partial charge in [0.25, 0.3) is 5.91 Å². The summed E-state index contributed by atoms with van der Waals surface area (Å²) in [6.07, 6.45) is 2.34. The van der Waals surface area contributed by atoms with Gasteiger partial charge in [0.2, 0.25) is 0 Å². The Morgan fingerprint density at radius 3 is 2.95 bits per heavy atom. The maximum absolute atomic E-state index is 11.9. The van der Waals surface area contributed by atoms with Gasteiger partial charge in [-0.1, -0.05) is 18.2 Å². The standard InChI is InChI=1S/C17H19NO4/c1-4-7-18-17(20)12(3)22-16(19)9-13-10-21-15-8-11(2)5-6-14(13)15/h4-6,8,10,12H,1,7,9H2,2-3H3,(H,18,20)/t12-/m1/s1. The van der Waals surface area contributed by atoms with E-state index in [1.54, 1.807) is 12.3 Å². The number of esters is 1. The van der Waals surface area contributed by atoms with Gasteiger partial charge < -0.3 is 14.5 Å². The van der Waals surface area contributed by atoms with E-state index in [1.807, 2.05) is 25.1 Å². The molecule has 116 valence electrons. The third-order valence-corrected chi connectivity index (χ3v) is 3.24. The van der Waals surface area contributed by atoms with Crippen molar-refractivity contribution in [3.05, 3.63) is 48.2 Å². The molecule has 0 bridgehead atoms. The lowest BCUT2D eigenvalue weighted by atomic mass is 10.1. The molecule has 1 atom stereocenters. The van der Waals surface area contributed by atoms with Crippen molar-refractivity contribution in [3.63, 3.8) is 0 Å². The van der Waals surface area contributed by atoms with Crippen LogP contribution in [0.4, 0.5) is 0 Å². The molecule has 1 aromatic heterocycles. The lowest BCUT2D eigenvalue weighted by Crippen LogP contribution is -2.36. The second kappa shape index (κ2) is 6.93. The Hall–Kier alpha value is -2.56. The van der Waals surface area contributed by atoms with Gasteiger partial charge in [0, 0.05) is 17.5 Å². The highest BCUT2D eigenvalue weighted by Crippen LogP contribution is 2.23. The molecule has 5 nitrogen and oxygen atoms in total. The van der Waals surface area contributed by atoms with E-state index >= 15 is 0 Å². The first-order valence-electron chi connectivity index (χ1n) is 7.06. The SMILES string of the molecule is C=CCNC(=O)[C@@H](C)OC(=O)Cc1coc2cc(C)ccc12. The van der Waals surface area contributed by atoms with Crippen molar-refractivity contribution in [1.82, 2.24) is 5.32 Å². The molecule has 0 fully saturated rings. The summed E-state index contributed by atoms with van der Waals surface area (Å²) in [6.45, 7) is 7.35. The van der Waals surface area contributed by atoms with Crippen LogP contribution in [0.15, 0.2) is 41.5 Å². The van der Waals surface area contributed by atoms with Gasteiger partial charge in [-0.2, -0.15) is 0 Å². The number of carbonyl (C=O) groups is 2. The van der Waals surface area contributed by atoms with Crippen molar-refractivity contribution < 1.29 is 18.7 Å². The highest BCUT2D eigenvalue weighted by Gasteiger charge is 2.18. The van der Waals surface area contributed by atoms with Crippen LogP contribution in [0.2, 0.25) is 0 Å². The van der Waals surface area contributed by atoms with Crippen LogP contribution < -0.4 is 5.32 Å². The highest BCUT2D eigenvalue weighted by atomic mass is 16.5. The summed E-state index contributed by atoms with van der Waals surface area (Å²) in [7, 11) is 0. The van der Waals surface area contributed by atoms with Crippen LogP contribution in [0.5, 0.6) is 0 Å². The molecular weight excluding hydrogens is 282 g/mol. The molecule has 1 heterocycles. The van der Waals surface area contributed by atoms with Gasteiger partial charge in [0.15, 0.2) is 6.10 Å². The van der Waals surface area contributed by atoms with Gasteiger partial charge >= 0.3 is 5.97 Å². The summed E-state index contributed by atoms with van der Waals surface area (Å²) >= 11 is 0. The molecule has 1 N–H and O–H groups in total. The molecular formula is C17H19NO4. The number of furan rings is 1. The molecule has 0 aliphatic rings. The summed E-state index contributed by atoms with van der Waals surface area (Å²) < 4.78 is 10.6. The molecule has 0 saturated heterocycles. The van der Waals surface area contributed by atoms with Crippen LogP contribution in [0.1, 0.15) is 18.1 Å². The van der Waals surface area contributed by atoms with Gasteiger partial charge in [0.1, 0.15) is 5.58 Å². The van der Waals surface area contributed by atoms with Crippen molar-refractivity contribution in [1.29, 1.82) is 0 Å². The molecule has 1 aromatic carbocycles. The Kier molecular flexibility index (Phi) is 4.99. The Bertz CT molecular complexity index is 702. The van der Waals surface area contributed by atoms with E-state index in [0.29, 0.717) is 6.54 Å². The molecule has 1 amide bonds. The third-order valence-electron chi connectivity index (χ3n) is 3.24. The number of rotatable bonds is 6. The number of aryl methyl sites for hydroxylation is 1. The minimum atomic E-state index is -0.840. The zero-order chi connectivity index (χ0) is 16.1. The van der Waals surface area contributed by atoms with E-state index in [1.165, 1.54) is 6.92 Å². The molecule has 0 spiro atoms. The number of carbonyl (C=O) groups excluding carboxylic acids is 2. The van der Waals surface area contributed by atoms with Gasteiger partial charge in [-0.15, -0.1) is 6.58 Å². The fourth-order valence-electron chi connectivity index (χ4n) is 2.09.